The van der Waals surface area contributed by atoms with E-state index < -0.39 is 0 Å². The van der Waals surface area contributed by atoms with Gasteiger partial charge in [0.25, 0.3) is 0 Å². The van der Waals surface area contributed by atoms with Crippen LogP contribution in [0, 0.1) is 6.92 Å². The van der Waals surface area contributed by atoms with Crippen LogP contribution in [0.3, 0.4) is 0 Å². The van der Waals surface area contributed by atoms with E-state index in [1.807, 2.05) is 0 Å². The summed E-state index contributed by atoms with van der Waals surface area (Å²) >= 11 is 2.16. The summed E-state index contributed by atoms with van der Waals surface area (Å²) in [5.74, 6) is 1.35. The Labute approximate surface area is 116 Å². The Balaban J connectivity index is 2.02. The topological polar surface area (TPSA) is 12.0 Å². The maximum absolute atomic E-state index is 3.77. The highest BCUT2D eigenvalue weighted by Crippen LogP contribution is 2.30. The summed E-state index contributed by atoms with van der Waals surface area (Å²) in [6.45, 7) is 5.63. The first kappa shape index (κ1) is 14.0. The number of hydrogen-bond donors (Lipinski definition) is 1. The molecular formula is C16H25NS. The molecule has 0 aromatic heterocycles. The molecule has 0 aliphatic carbocycles. The van der Waals surface area contributed by atoms with E-state index in [1.54, 1.807) is 0 Å². The van der Waals surface area contributed by atoms with Crippen molar-refractivity contribution in [3.8, 4) is 0 Å². The highest BCUT2D eigenvalue weighted by atomic mass is 32.2. The predicted octanol–water partition coefficient (Wildman–Crippen LogP) is 3.80. The molecule has 1 aromatic carbocycles. The second kappa shape index (κ2) is 7.20. The molecule has 2 atom stereocenters. The molecule has 0 amide bonds. The fraction of sp³-hybridized carbons (Fsp3) is 0.625. The quantitative estimate of drug-likeness (QED) is 0.838. The highest BCUT2D eigenvalue weighted by Gasteiger charge is 2.25. The zero-order chi connectivity index (χ0) is 12.8. The highest BCUT2D eigenvalue weighted by molar-refractivity contribution is 8.00. The Bertz CT molecular complexity index is 358. The van der Waals surface area contributed by atoms with Gasteiger partial charge in [0.1, 0.15) is 0 Å². The smallest absolute Gasteiger partial charge is 0.0227 e. The molecule has 1 fully saturated rings. The monoisotopic (exact) mass is 263 g/mol. The summed E-state index contributed by atoms with van der Waals surface area (Å²) in [4.78, 5) is 0. The van der Waals surface area contributed by atoms with Gasteiger partial charge in [0.05, 0.1) is 0 Å². The molecule has 18 heavy (non-hydrogen) atoms. The van der Waals surface area contributed by atoms with Gasteiger partial charge in [-0.1, -0.05) is 31.2 Å². The maximum Gasteiger partial charge on any atom is 0.0227 e. The third-order valence-corrected chi connectivity index (χ3v) is 5.29. The average Bonchev–Trinajstić information content (AvgIpc) is 2.90. The Kier molecular flexibility index (Phi) is 5.58. The number of benzene rings is 1. The van der Waals surface area contributed by atoms with Gasteiger partial charge < -0.3 is 5.32 Å². The van der Waals surface area contributed by atoms with Gasteiger partial charge in [-0.25, -0.2) is 0 Å². The normalized spacial score (nSPS) is 21.1. The molecule has 2 heteroatoms. The number of aryl methyl sites for hydroxylation is 1. The largest absolute Gasteiger partial charge is 0.313 e. The molecule has 1 nitrogen and oxygen atoms in total. The van der Waals surface area contributed by atoms with Crippen molar-refractivity contribution in [2.24, 2.45) is 0 Å². The summed E-state index contributed by atoms with van der Waals surface area (Å²) in [7, 11) is 0. The van der Waals surface area contributed by atoms with E-state index in [0.29, 0.717) is 6.04 Å². The average molecular weight is 263 g/mol. The molecule has 2 unspecified atom stereocenters. The lowest BCUT2D eigenvalue weighted by Gasteiger charge is -2.25. The van der Waals surface area contributed by atoms with Crippen molar-refractivity contribution in [3.05, 3.63) is 35.4 Å². The lowest BCUT2D eigenvalue weighted by atomic mass is 9.97. The number of hydrogen-bond acceptors (Lipinski definition) is 2. The van der Waals surface area contributed by atoms with Crippen molar-refractivity contribution in [2.45, 2.75) is 50.8 Å². The first-order valence-electron chi connectivity index (χ1n) is 7.20. The van der Waals surface area contributed by atoms with Gasteiger partial charge in [0.2, 0.25) is 0 Å². The Hall–Kier alpha value is -0.470. The van der Waals surface area contributed by atoms with E-state index >= 15 is 0 Å². The minimum atomic E-state index is 0.651. The third-order valence-electron chi connectivity index (χ3n) is 3.77. The van der Waals surface area contributed by atoms with E-state index in [1.165, 1.54) is 42.6 Å². The van der Waals surface area contributed by atoms with E-state index in [9.17, 15) is 0 Å². The van der Waals surface area contributed by atoms with E-state index in [-0.39, 0.29) is 0 Å². The van der Waals surface area contributed by atoms with E-state index in [0.717, 1.165) is 11.8 Å². The number of thioether (sulfide) groups is 1. The Morgan fingerprint density at radius 3 is 2.89 bits per heavy atom. The predicted molar refractivity (Wildman–Crippen MR) is 82.4 cm³/mol. The molecule has 1 saturated heterocycles. The summed E-state index contributed by atoms with van der Waals surface area (Å²) in [6.07, 6.45) is 5.19. The Morgan fingerprint density at radius 2 is 2.22 bits per heavy atom. The summed E-state index contributed by atoms with van der Waals surface area (Å²) in [5, 5.41) is 4.58. The fourth-order valence-corrected chi connectivity index (χ4v) is 4.05. The van der Waals surface area contributed by atoms with Crippen molar-refractivity contribution in [1.29, 1.82) is 0 Å². The van der Waals surface area contributed by atoms with Crippen molar-refractivity contribution >= 4 is 11.8 Å². The zero-order valence-corrected chi connectivity index (χ0v) is 12.4. The molecule has 1 heterocycles. The molecular weight excluding hydrogens is 238 g/mol. The Morgan fingerprint density at radius 1 is 1.39 bits per heavy atom. The first-order chi connectivity index (χ1) is 8.81. The van der Waals surface area contributed by atoms with Crippen molar-refractivity contribution in [1.82, 2.24) is 5.32 Å². The molecule has 0 spiro atoms. The second-order valence-electron chi connectivity index (χ2n) is 5.24. The van der Waals surface area contributed by atoms with Gasteiger partial charge >= 0.3 is 0 Å². The van der Waals surface area contributed by atoms with Crippen LogP contribution < -0.4 is 5.32 Å². The number of rotatable bonds is 6. The zero-order valence-electron chi connectivity index (χ0n) is 11.6. The lowest BCUT2D eigenvalue weighted by Crippen LogP contribution is -2.39. The van der Waals surface area contributed by atoms with E-state index in [2.05, 4.69) is 55.2 Å². The van der Waals surface area contributed by atoms with Gasteiger partial charge in [0, 0.05) is 11.3 Å². The second-order valence-corrected chi connectivity index (χ2v) is 6.59. The van der Waals surface area contributed by atoms with Crippen molar-refractivity contribution in [3.63, 3.8) is 0 Å². The molecule has 1 aliphatic rings. The molecule has 100 valence electrons. The number of nitrogens with one attached hydrogen (secondary N) is 1. The SMILES string of the molecule is CCCNC(Cc1ccccc1C)C1CCCS1. The van der Waals surface area contributed by atoms with Crippen LogP contribution in [0.2, 0.25) is 0 Å². The van der Waals surface area contributed by atoms with Gasteiger partial charge in [0.15, 0.2) is 0 Å². The van der Waals surface area contributed by atoms with Crippen LogP contribution in [-0.2, 0) is 6.42 Å². The molecule has 0 radical (unpaired) electrons. The first-order valence-corrected chi connectivity index (χ1v) is 8.25. The fourth-order valence-electron chi connectivity index (χ4n) is 2.66. The van der Waals surface area contributed by atoms with Crippen LogP contribution in [-0.4, -0.2) is 23.6 Å². The van der Waals surface area contributed by atoms with E-state index in [4.69, 9.17) is 0 Å². The maximum atomic E-state index is 3.77. The molecule has 0 bridgehead atoms. The van der Waals surface area contributed by atoms with Gasteiger partial charge in [-0.05, 0) is 56.0 Å². The molecule has 0 saturated carbocycles. The summed E-state index contributed by atoms with van der Waals surface area (Å²) < 4.78 is 0. The molecule has 1 aromatic rings. The standard InChI is InChI=1S/C16H25NS/c1-3-10-17-15(16-9-6-11-18-16)12-14-8-5-4-7-13(14)2/h4-5,7-8,15-17H,3,6,9-12H2,1-2H3. The lowest BCUT2D eigenvalue weighted by molar-refractivity contribution is 0.481. The third kappa shape index (κ3) is 3.76. The summed E-state index contributed by atoms with van der Waals surface area (Å²) in [5.41, 5.74) is 2.95. The molecule has 1 aliphatic heterocycles. The van der Waals surface area contributed by atoms with Crippen molar-refractivity contribution < 1.29 is 0 Å². The van der Waals surface area contributed by atoms with Crippen LogP contribution in [0.15, 0.2) is 24.3 Å². The molecule has 1 N–H and O–H groups in total. The van der Waals surface area contributed by atoms with Crippen LogP contribution in [0.5, 0.6) is 0 Å². The summed E-state index contributed by atoms with van der Waals surface area (Å²) in [6, 6.07) is 9.47. The van der Waals surface area contributed by atoms with Crippen molar-refractivity contribution in [2.75, 3.05) is 12.3 Å². The minimum Gasteiger partial charge on any atom is -0.313 e. The van der Waals surface area contributed by atoms with Gasteiger partial charge in [-0.15, -0.1) is 0 Å². The van der Waals surface area contributed by atoms with Crippen LogP contribution in [0.4, 0.5) is 0 Å². The molecule has 2 rings (SSSR count). The van der Waals surface area contributed by atoms with Gasteiger partial charge in [-0.3, -0.25) is 0 Å². The van der Waals surface area contributed by atoms with Gasteiger partial charge in [-0.2, -0.15) is 11.8 Å². The minimum absolute atomic E-state index is 0.651. The van der Waals surface area contributed by atoms with Crippen LogP contribution >= 0.6 is 11.8 Å². The van der Waals surface area contributed by atoms with Crippen LogP contribution in [0.1, 0.15) is 37.3 Å². The van der Waals surface area contributed by atoms with Crippen LogP contribution in [0.25, 0.3) is 0 Å².